The summed E-state index contributed by atoms with van der Waals surface area (Å²) in [5.74, 6) is 1.03. The van der Waals surface area contributed by atoms with Crippen molar-refractivity contribution in [1.82, 2.24) is 0 Å². The minimum Gasteiger partial charge on any atom is -0.491 e. The highest BCUT2D eigenvalue weighted by Gasteiger charge is 2.62. The minimum atomic E-state index is -2.22. The van der Waals surface area contributed by atoms with E-state index < -0.39 is 42.2 Å². The fourth-order valence-electron chi connectivity index (χ4n) is 5.06. The molecule has 0 radical (unpaired) electrons. The molecule has 1 fully saturated rings. The first kappa shape index (κ1) is 29.9. The van der Waals surface area contributed by atoms with Crippen molar-refractivity contribution in [2.24, 2.45) is 0 Å². The third kappa shape index (κ3) is 7.27. The molecule has 0 N–H and O–H groups in total. The normalized spacial score (nSPS) is 23.9. The van der Waals surface area contributed by atoms with Crippen molar-refractivity contribution in [3.8, 4) is 23.0 Å². The molecule has 1 unspecified atom stereocenters. The van der Waals surface area contributed by atoms with Gasteiger partial charge < -0.3 is 28.4 Å². The Morgan fingerprint density at radius 2 is 1.16 bits per heavy atom. The van der Waals surface area contributed by atoms with E-state index in [-0.39, 0.29) is 13.2 Å². The van der Waals surface area contributed by atoms with Crippen molar-refractivity contribution in [3.63, 3.8) is 0 Å². The smallest absolute Gasteiger partial charge is 0.343 e. The van der Waals surface area contributed by atoms with Gasteiger partial charge in [-0.25, -0.2) is 9.18 Å². The molecule has 224 valence electrons. The third-order valence-corrected chi connectivity index (χ3v) is 7.15. The Bertz CT molecular complexity index is 1410. The lowest BCUT2D eigenvalue weighted by Crippen LogP contribution is -2.72. The Morgan fingerprint density at radius 3 is 1.65 bits per heavy atom. The number of hydrogen-bond acceptors (Lipinski definition) is 7. The van der Waals surface area contributed by atoms with Crippen molar-refractivity contribution in [3.05, 3.63) is 121 Å². The average Bonchev–Trinajstić information content (AvgIpc) is 3.05. The average molecular weight is 587 g/mol. The van der Waals surface area contributed by atoms with Crippen LogP contribution in [0.4, 0.5) is 4.39 Å². The number of esters is 1. The van der Waals surface area contributed by atoms with Crippen LogP contribution < -0.4 is 18.9 Å². The van der Waals surface area contributed by atoms with Gasteiger partial charge in [-0.15, -0.1) is 0 Å². The highest BCUT2D eigenvalue weighted by Crippen LogP contribution is 2.40. The molecule has 0 bridgehead atoms. The fourth-order valence-corrected chi connectivity index (χ4v) is 5.06. The molecule has 5 rings (SSSR count). The lowest BCUT2D eigenvalue weighted by Gasteiger charge is -2.51. The van der Waals surface area contributed by atoms with Gasteiger partial charge in [0.25, 0.3) is 0 Å². The van der Waals surface area contributed by atoms with Crippen LogP contribution in [0.15, 0.2) is 121 Å². The quantitative estimate of drug-likeness (QED) is 0.176. The van der Waals surface area contributed by atoms with Crippen LogP contribution in [0.25, 0.3) is 0 Å². The molecule has 0 saturated carbocycles. The molecular formula is C35H35FO7. The molecule has 4 aromatic rings. The van der Waals surface area contributed by atoms with E-state index in [1.807, 2.05) is 84.9 Å². The van der Waals surface area contributed by atoms with Gasteiger partial charge in [-0.3, -0.25) is 0 Å². The van der Waals surface area contributed by atoms with Crippen LogP contribution in [-0.2, 0) is 14.3 Å². The van der Waals surface area contributed by atoms with E-state index in [1.165, 1.54) is 6.92 Å². The van der Waals surface area contributed by atoms with Gasteiger partial charge in [0.2, 0.25) is 6.17 Å². The molecule has 1 saturated heterocycles. The first-order chi connectivity index (χ1) is 21.0. The van der Waals surface area contributed by atoms with E-state index in [0.29, 0.717) is 23.0 Å². The molecule has 0 amide bonds. The molecule has 0 aromatic heterocycles. The molecule has 4 aromatic carbocycles. The molecule has 43 heavy (non-hydrogen) atoms. The summed E-state index contributed by atoms with van der Waals surface area (Å²) >= 11 is 0. The largest absolute Gasteiger partial charge is 0.491 e. The van der Waals surface area contributed by atoms with Crippen LogP contribution in [0.1, 0.15) is 13.8 Å². The fraction of sp³-hybridized carbons (Fsp3) is 0.286. The monoisotopic (exact) mass is 586 g/mol. The van der Waals surface area contributed by atoms with E-state index >= 15 is 4.39 Å². The lowest BCUT2D eigenvalue weighted by molar-refractivity contribution is -0.267. The second kappa shape index (κ2) is 14.1. The van der Waals surface area contributed by atoms with Crippen molar-refractivity contribution >= 4 is 5.97 Å². The Balaban J connectivity index is 1.61. The van der Waals surface area contributed by atoms with Gasteiger partial charge in [0.15, 0.2) is 18.3 Å². The summed E-state index contributed by atoms with van der Waals surface area (Å²) < 4.78 is 53.7. The van der Waals surface area contributed by atoms with E-state index in [0.717, 1.165) is 0 Å². The van der Waals surface area contributed by atoms with Gasteiger partial charge in [0, 0.05) is 0 Å². The molecule has 0 aliphatic carbocycles. The summed E-state index contributed by atoms with van der Waals surface area (Å²) in [4.78, 5) is 12.9. The van der Waals surface area contributed by atoms with Crippen LogP contribution >= 0.6 is 0 Å². The van der Waals surface area contributed by atoms with Gasteiger partial charge in [-0.05, 0) is 62.4 Å². The minimum absolute atomic E-state index is 0.00375. The summed E-state index contributed by atoms with van der Waals surface area (Å²) in [5.41, 5.74) is -1.87. The van der Waals surface area contributed by atoms with E-state index in [9.17, 15) is 4.79 Å². The van der Waals surface area contributed by atoms with Gasteiger partial charge in [-0.2, -0.15) is 0 Å². The predicted molar refractivity (Wildman–Crippen MR) is 159 cm³/mol. The maximum absolute atomic E-state index is 16.4. The van der Waals surface area contributed by atoms with Crippen molar-refractivity contribution in [2.75, 3.05) is 13.2 Å². The zero-order valence-corrected chi connectivity index (χ0v) is 24.1. The first-order valence-electron chi connectivity index (χ1n) is 14.3. The van der Waals surface area contributed by atoms with E-state index in [2.05, 4.69) is 0 Å². The highest BCUT2D eigenvalue weighted by atomic mass is 19.1. The summed E-state index contributed by atoms with van der Waals surface area (Å²) in [6.07, 6.45) is -6.13. The maximum Gasteiger partial charge on any atom is 0.343 e. The van der Waals surface area contributed by atoms with Crippen LogP contribution in [0, 0.1) is 0 Å². The van der Waals surface area contributed by atoms with E-state index in [1.54, 1.807) is 43.3 Å². The van der Waals surface area contributed by atoms with Crippen LogP contribution in [0.5, 0.6) is 23.0 Å². The van der Waals surface area contributed by atoms with Crippen LogP contribution in [0.3, 0.4) is 0 Å². The van der Waals surface area contributed by atoms with Crippen molar-refractivity contribution in [2.45, 2.75) is 50.0 Å². The number of ether oxygens (including phenoxy) is 6. The molecular weight excluding hydrogens is 551 g/mol. The van der Waals surface area contributed by atoms with Crippen molar-refractivity contribution in [1.29, 1.82) is 0 Å². The number of hydrogen-bond donors (Lipinski definition) is 0. The molecule has 0 spiro atoms. The number of benzene rings is 4. The summed E-state index contributed by atoms with van der Waals surface area (Å²) in [7, 11) is 0. The maximum atomic E-state index is 16.4. The molecule has 6 atom stereocenters. The molecule has 1 aliphatic rings. The van der Waals surface area contributed by atoms with E-state index in [4.69, 9.17) is 28.4 Å². The number of carbonyl (C=O) groups is 1. The Labute approximate surface area is 251 Å². The second-order valence-corrected chi connectivity index (χ2v) is 10.2. The van der Waals surface area contributed by atoms with Crippen molar-refractivity contribution < 1.29 is 37.6 Å². The van der Waals surface area contributed by atoms with Gasteiger partial charge >= 0.3 is 5.97 Å². The highest BCUT2D eigenvalue weighted by molar-refractivity contribution is 5.76. The van der Waals surface area contributed by atoms with Crippen LogP contribution in [-0.4, -0.2) is 55.4 Å². The predicted octanol–water partition coefficient (Wildman–Crippen LogP) is 6.47. The van der Waals surface area contributed by atoms with Gasteiger partial charge in [0.1, 0.15) is 41.3 Å². The summed E-state index contributed by atoms with van der Waals surface area (Å²) in [6.45, 7) is 3.09. The van der Waals surface area contributed by atoms with Gasteiger partial charge in [0.05, 0.1) is 6.61 Å². The molecule has 8 heteroatoms. The van der Waals surface area contributed by atoms with Gasteiger partial charge in [-0.1, -0.05) is 72.8 Å². The van der Waals surface area contributed by atoms with Crippen LogP contribution in [0.2, 0.25) is 0 Å². The number of halogens is 1. The Morgan fingerprint density at radius 1 is 0.721 bits per heavy atom. The number of para-hydroxylation sites is 4. The first-order valence-corrected chi connectivity index (χ1v) is 14.3. The Hall–Kier alpha value is -4.56. The Kier molecular flexibility index (Phi) is 9.79. The number of rotatable bonds is 12. The topological polar surface area (TPSA) is 72.5 Å². The summed E-state index contributed by atoms with van der Waals surface area (Å²) in [6, 6.07) is 36.5. The molecule has 1 aliphatic heterocycles. The summed E-state index contributed by atoms with van der Waals surface area (Å²) in [5, 5.41) is 0. The second-order valence-electron chi connectivity index (χ2n) is 10.2. The number of carbonyl (C=O) groups excluding carboxylic acids is 1. The number of alkyl halides is 1. The molecule has 7 nitrogen and oxygen atoms in total. The third-order valence-electron chi connectivity index (χ3n) is 7.15. The zero-order valence-electron chi connectivity index (χ0n) is 24.1. The standard InChI is InChI=1S/C35H35FO7/c1-3-38-34(37)32(36)35(2)33(42-28-22-14-7-15-23-28)31(41-27-20-12-6-13-21-27)30(40-26-18-10-5-11-19-26)29(43-35)24-39-25-16-8-4-9-17-25/h4-23,29-33H,3,24H2,1-2H3/t29-,30+,31+,32?,33-,35+/m1/s1. The SMILES string of the molecule is CCOC(=O)C(F)[C@]1(C)O[C@H](COc2ccccc2)[C@H](Oc2ccccc2)[C@H](Oc2ccccc2)[C@H]1Oc1ccccc1. The lowest BCUT2D eigenvalue weighted by atomic mass is 9.82. The molecule has 1 heterocycles. The zero-order chi connectivity index (χ0) is 30.1.